The van der Waals surface area contributed by atoms with E-state index in [-0.39, 0.29) is 18.5 Å². The van der Waals surface area contributed by atoms with Crippen molar-refractivity contribution < 1.29 is 49.3 Å². The van der Waals surface area contributed by atoms with E-state index in [0.29, 0.717) is 19.4 Å². The summed E-state index contributed by atoms with van der Waals surface area (Å²) in [5.41, 5.74) is 0. The van der Waals surface area contributed by atoms with Gasteiger partial charge in [0, 0.05) is 12.8 Å². The monoisotopic (exact) mass is 1110 g/mol. The van der Waals surface area contributed by atoms with E-state index in [1.54, 1.807) is 6.08 Å². The van der Waals surface area contributed by atoms with Gasteiger partial charge >= 0.3 is 5.97 Å². The van der Waals surface area contributed by atoms with Crippen molar-refractivity contribution in [1.82, 2.24) is 5.32 Å². The number of carbonyl (C=O) groups excluding carboxylic acids is 2. The van der Waals surface area contributed by atoms with E-state index < -0.39 is 49.5 Å². The largest absolute Gasteiger partial charge is 0.466 e. The Morgan fingerprint density at radius 3 is 1.19 bits per heavy atom. The first-order valence-electron chi connectivity index (χ1n) is 34.0. The summed E-state index contributed by atoms with van der Waals surface area (Å²) in [6.07, 6.45) is 59.2. The lowest BCUT2D eigenvalue weighted by Gasteiger charge is -2.40. The number of rotatable bonds is 60. The van der Waals surface area contributed by atoms with E-state index in [1.807, 2.05) is 6.08 Å². The molecule has 0 saturated carbocycles. The van der Waals surface area contributed by atoms with Gasteiger partial charge in [-0.25, -0.2) is 0 Å². The van der Waals surface area contributed by atoms with Gasteiger partial charge in [0.25, 0.3) is 0 Å². The topological polar surface area (TPSA) is 175 Å². The van der Waals surface area contributed by atoms with Crippen LogP contribution >= 0.6 is 0 Å². The summed E-state index contributed by atoms with van der Waals surface area (Å²) in [7, 11) is 0. The zero-order valence-corrected chi connectivity index (χ0v) is 51.2. The standard InChI is InChI=1S/C67H129NO10/c1-3-5-7-9-11-13-14-15-16-17-26-29-32-35-39-43-47-51-55-63(72)76-56-52-48-44-40-36-33-30-27-24-22-20-18-19-21-23-25-28-31-34-38-42-46-50-54-62(71)68-59(60(70)53-49-45-41-37-12-10-8-6-4-2)58-77-67-66(75)65(74)64(73)61(57-69)78-67/h49,53,59-61,64-67,69-70,73-75H,3-48,50-52,54-58H2,1-2H3,(H,68,71)/b53-49+. The number of aliphatic hydroxyl groups excluding tert-OH is 5. The van der Waals surface area contributed by atoms with Gasteiger partial charge in [-0.1, -0.05) is 309 Å². The molecule has 7 unspecified atom stereocenters. The molecule has 1 saturated heterocycles. The molecule has 1 fully saturated rings. The fourth-order valence-corrected chi connectivity index (χ4v) is 11.0. The van der Waals surface area contributed by atoms with Gasteiger partial charge in [-0.2, -0.15) is 0 Å². The number of unbranched alkanes of at least 4 members (excludes halogenated alkanes) is 46. The molecule has 7 atom stereocenters. The number of amides is 1. The van der Waals surface area contributed by atoms with Crippen molar-refractivity contribution >= 4 is 11.9 Å². The second-order valence-electron chi connectivity index (χ2n) is 23.9. The maximum Gasteiger partial charge on any atom is 0.305 e. The van der Waals surface area contributed by atoms with Gasteiger partial charge in [0.2, 0.25) is 5.91 Å². The number of esters is 1. The zero-order chi connectivity index (χ0) is 56.6. The minimum absolute atomic E-state index is 0.00777. The van der Waals surface area contributed by atoms with Crippen LogP contribution in [0.3, 0.4) is 0 Å². The first-order valence-corrected chi connectivity index (χ1v) is 34.0. The third-order valence-corrected chi connectivity index (χ3v) is 16.4. The fraction of sp³-hybridized carbons (Fsp3) is 0.940. The molecule has 0 spiro atoms. The van der Waals surface area contributed by atoms with E-state index in [1.165, 1.54) is 257 Å². The van der Waals surface area contributed by atoms with Crippen molar-refractivity contribution in [2.45, 2.75) is 384 Å². The Balaban J connectivity index is 1.92. The second kappa shape index (κ2) is 57.2. The Bertz CT molecular complexity index is 1300. The highest BCUT2D eigenvalue weighted by atomic mass is 16.7. The summed E-state index contributed by atoms with van der Waals surface area (Å²) in [6.45, 7) is 4.35. The molecule has 0 aromatic carbocycles. The molecule has 1 aliphatic rings. The average Bonchev–Trinajstić information content (AvgIpc) is 3.43. The van der Waals surface area contributed by atoms with Gasteiger partial charge in [-0.3, -0.25) is 9.59 Å². The predicted molar refractivity (Wildman–Crippen MR) is 325 cm³/mol. The number of hydrogen-bond acceptors (Lipinski definition) is 10. The first-order chi connectivity index (χ1) is 38.2. The lowest BCUT2D eigenvalue weighted by atomic mass is 9.99. The normalized spacial score (nSPS) is 18.5. The number of carbonyl (C=O) groups is 2. The van der Waals surface area contributed by atoms with Crippen LogP contribution in [0, 0.1) is 0 Å². The van der Waals surface area contributed by atoms with Crippen LogP contribution in [-0.4, -0.2) is 100 Å². The van der Waals surface area contributed by atoms with Gasteiger partial charge in [-0.05, 0) is 32.1 Å². The van der Waals surface area contributed by atoms with E-state index in [9.17, 15) is 35.1 Å². The molecule has 1 heterocycles. The molecule has 11 heteroatoms. The van der Waals surface area contributed by atoms with Crippen molar-refractivity contribution in [3.05, 3.63) is 12.2 Å². The Labute approximate surface area is 480 Å². The average molecular weight is 1110 g/mol. The number of nitrogens with one attached hydrogen (secondary N) is 1. The summed E-state index contributed by atoms with van der Waals surface area (Å²) in [5.74, 6) is -0.174. The van der Waals surface area contributed by atoms with E-state index in [4.69, 9.17) is 14.2 Å². The molecular formula is C67H129NO10. The van der Waals surface area contributed by atoms with E-state index >= 15 is 0 Å². The molecule has 0 aromatic heterocycles. The molecule has 1 aliphatic heterocycles. The van der Waals surface area contributed by atoms with Crippen molar-refractivity contribution in [3.63, 3.8) is 0 Å². The Hall–Kier alpha value is -1.60. The SMILES string of the molecule is CCCCCCCCC/C=C/C(O)C(COC1OC(CO)C(O)C(O)C1O)NC(=O)CCCCCCCCCCCCCCCCCCCCCCCCCOC(=O)CCCCCCCCCCCCCCCCCCCC. The van der Waals surface area contributed by atoms with E-state index in [2.05, 4.69) is 19.2 Å². The molecule has 1 amide bonds. The molecule has 11 nitrogen and oxygen atoms in total. The fourth-order valence-electron chi connectivity index (χ4n) is 11.0. The lowest BCUT2D eigenvalue weighted by molar-refractivity contribution is -0.302. The minimum Gasteiger partial charge on any atom is -0.466 e. The number of allylic oxidation sites excluding steroid dienone is 1. The van der Waals surface area contributed by atoms with Gasteiger partial charge in [0.1, 0.15) is 24.4 Å². The quantitative estimate of drug-likeness (QED) is 0.0195. The molecular weight excluding hydrogens is 979 g/mol. The maximum atomic E-state index is 13.0. The molecule has 0 aromatic rings. The number of hydrogen-bond donors (Lipinski definition) is 6. The van der Waals surface area contributed by atoms with Crippen LogP contribution in [0.4, 0.5) is 0 Å². The van der Waals surface area contributed by atoms with Crippen LogP contribution in [-0.2, 0) is 23.8 Å². The molecule has 1 rings (SSSR count). The predicted octanol–water partition coefficient (Wildman–Crippen LogP) is 16.7. The lowest BCUT2D eigenvalue weighted by Crippen LogP contribution is -2.60. The van der Waals surface area contributed by atoms with Crippen molar-refractivity contribution in [3.8, 4) is 0 Å². The molecule has 0 aliphatic carbocycles. The van der Waals surface area contributed by atoms with Crippen LogP contribution in [0.2, 0.25) is 0 Å². The van der Waals surface area contributed by atoms with Gasteiger partial charge < -0.3 is 45.1 Å². The maximum absolute atomic E-state index is 13.0. The van der Waals surface area contributed by atoms with E-state index in [0.717, 1.165) is 57.8 Å². The molecule has 6 N–H and O–H groups in total. The highest BCUT2D eigenvalue weighted by Gasteiger charge is 2.44. The Morgan fingerprint density at radius 2 is 0.808 bits per heavy atom. The van der Waals surface area contributed by atoms with Crippen molar-refractivity contribution in [1.29, 1.82) is 0 Å². The first kappa shape index (κ1) is 74.4. The van der Waals surface area contributed by atoms with Gasteiger partial charge in [0.05, 0.1) is 32.0 Å². The molecule has 0 bridgehead atoms. The number of ether oxygens (including phenoxy) is 3. The zero-order valence-electron chi connectivity index (χ0n) is 51.2. The third-order valence-electron chi connectivity index (χ3n) is 16.4. The Morgan fingerprint density at radius 1 is 0.462 bits per heavy atom. The van der Waals surface area contributed by atoms with Crippen molar-refractivity contribution in [2.75, 3.05) is 19.8 Å². The summed E-state index contributed by atoms with van der Waals surface area (Å²) < 4.78 is 16.7. The summed E-state index contributed by atoms with van der Waals surface area (Å²) in [5, 5.41) is 54.3. The van der Waals surface area contributed by atoms with Gasteiger partial charge in [-0.15, -0.1) is 0 Å². The van der Waals surface area contributed by atoms with Gasteiger partial charge in [0.15, 0.2) is 6.29 Å². The van der Waals surface area contributed by atoms with Crippen LogP contribution in [0.15, 0.2) is 12.2 Å². The van der Waals surface area contributed by atoms with Crippen LogP contribution in [0.25, 0.3) is 0 Å². The van der Waals surface area contributed by atoms with Crippen molar-refractivity contribution in [2.24, 2.45) is 0 Å². The Kier molecular flexibility index (Phi) is 54.6. The smallest absolute Gasteiger partial charge is 0.305 e. The van der Waals surface area contributed by atoms with Crippen LogP contribution in [0.5, 0.6) is 0 Å². The highest BCUT2D eigenvalue weighted by molar-refractivity contribution is 5.76. The molecule has 462 valence electrons. The molecule has 0 radical (unpaired) electrons. The number of aliphatic hydroxyl groups is 5. The minimum atomic E-state index is -1.57. The van der Waals surface area contributed by atoms with Crippen LogP contribution < -0.4 is 5.32 Å². The third kappa shape index (κ3) is 45.9. The second-order valence-corrected chi connectivity index (χ2v) is 23.9. The summed E-state index contributed by atoms with van der Waals surface area (Å²) in [4.78, 5) is 25.1. The summed E-state index contributed by atoms with van der Waals surface area (Å²) in [6, 6.07) is -0.807. The highest BCUT2D eigenvalue weighted by Crippen LogP contribution is 2.23. The molecule has 78 heavy (non-hydrogen) atoms. The summed E-state index contributed by atoms with van der Waals surface area (Å²) >= 11 is 0. The van der Waals surface area contributed by atoms with Crippen LogP contribution in [0.1, 0.15) is 341 Å².